The monoisotopic (exact) mass is 369 g/mol. The molecule has 1 unspecified atom stereocenters. The molecule has 2 fully saturated rings. The molecule has 6 heteroatoms. The summed E-state index contributed by atoms with van der Waals surface area (Å²) >= 11 is 0. The van der Waals surface area contributed by atoms with E-state index < -0.39 is 0 Å². The number of benzene rings is 1. The molecule has 0 N–H and O–H groups in total. The molecule has 1 aromatic heterocycles. The van der Waals surface area contributed by atoms with Gasteiger partial charge in [-0.3, -0.25) is 9.69 Å². The third-order valence-electron chi connectivity index (χ3n) is 5.92. The molecule has 2 saturated heterocycles. The number of ether oxygens (including phenoxy) is 1. The third kappa shape index (κ3) is 3.58. The number of aryl methyl sites for hydroxylation is 3. The number of nitrogens with zero attached hydrogens (tertiary/aromatic N) is 3. The first kappa shape index (κ1) is 18.0. The van der Waals surface area contributed by atoms with Gasteiger partial charge in [0.25, 0.3) is 5.91 Å². The topological polar surface area (TPSA) is 58.8 Å². The van der Waals surface area contributed by atoms with E-state index in [9.17, 15) is 4.79 Å². The van der Waals surface area contributed by atoms with Gasteiger partial charge in [0.05, 0.1) is 5.56 Å². The summed E-state index contributed by atoms with van der Waals surface area (Å²) in [6.45, 7) is 9.88. The number of amides is 1. The molecule has 1 atom stereocenters. The van der Waals surface area contributed by atoms with Crippen LogP contribution in [-0.2, 0) is 6.61 Å². The average Bonchev–Trinajstić information content (AvgIpc) is 3.28. The van der Waals surface area contributed by atoms with Gasteiger partial charge in [-0.1, -0.05) is 11.2 Å². The summed E-state index contributed by atoms with van der Waals surface area (Å²) in [6, 6.07) is 6.49. The van der Waals surface area contributed by atoms with Gasteiger partial charge in [0, 0.05) is 25.7 Å². The molecule has 0 saturated carbocycles. The van der Waals surface area contributed by atoms with E-state index in [1.807, 2.05) is 30.0 Å². The van der Waals surface area contributed by atoms with Gasteiger partial charge in [-0.2, -0.15) is 0 Å². The molecule has 2 aliphatic rings. The average molecular weight is 369 g/mol. The summed E-state index contributed by atoms with van der Waals surface area (Å²) in [5.74, 6) is 1.38. The predicted octanol–water partition coefficient (Wildman–Crippen LogP) is 3.10. The molecule has 4 rings (SSSR count). The van der Waals surface area contributed by atoms with E-state index in [4.69, 9.17) is 9.26 Å². The van der Waals surface area contributed by atoms with Crippen molar-refractivity contribution in [1.82, 2.24) is 15.0 Å². The maximum Gasteiger partial charge on any atom is 0.276 e. The number of hydrogen-bond donors (Lipinski definition) is 0. The smallest absolute Gasteiger partial charge is 0.276 e. The molecule has 2 aromatic rings. The van der Waals surface area contributed by atoms with Gasteiger partial charge in [0.2, 0.25) is 0 Å². The lowest BCUT2D eigenvalue weighted by Gasteiger charge is -2.37. The maximum atomic E-state index is 13.1. The maximum absolute atomic E-state index is 13.1. The van der Waals surface area contributed by atoms with Crippen LogP contribution in [0, 0.1) is 20.8 Å². The molecular weight excluding hydrogens is 342 g/mol. The molecular formula is C21H27N3O3. The molecule has 6 nitrogen and oxygen atoms in total. The van der Waals surface area contributed by atoms with Crippen LogP contribution in [-0.4, -0.2) is 53.1 Å². The number of rotatable bonds is 4. The van der Waals surface area contributed by atoms with Crippen molar-refractivity contribution in [1.29, 1.82) is 0 Å². The van der Waals surface area contributed by atoms with E-state index >= 15 is 0 Å². The number of carbonyl (C=O) groups is 1. The van der Waals surface area contributed by atoms with Crippen LogP contribution < -0.4 is 4.74 Å². The van der Waals surface area contributed by atoms with Crippen molar-refractivity contribution < 1.29 is 14.1 Å². The highest BCUT2D eigenvalue weighted by atomic mass is 16.5. The summed E-state index contributed by atoms with van der Waals surface area (Å²) < 4.78 is 11.3. The lowest BCUT2D eigenvalue weighted by atomic mass is 10.1. The first-order chi connectivity index (χ1) is 13.0. The van der Waals surface area contributed by atoms with E-state index in [0.717, 1.165) is 37.5 Å². The van der Waals surface area contributed by atoms with Crippen molar-refractivity contribution in [3.63, 3.8) is 0 Å². The first-order valence-corrected chi connectivity index (χ1v) is 9.71. The highest BCUT2D eigenvalue weighted by Gasteiger charge is 2.34. The lowest BCUT2D eigenvalue weighted by Crippen LogP contribution is -2.52. The van der Waals surface area contributed by atoms with E-state index in [1.54, 1.807) is 0 Å². The lowest BCUT2D eigenvalue weighted by molar-refractivity contribution is 0.0559. The van der Waals surface area contributed by atoms with Crippen molar-refractivity contribution >= 4 is 5.91 Å². The zero-order valence-corrected chi connectivity index (χ0v) is 16.3. The van der Waals surface area contributed by atoms with Gasteiger partial charge in [0.15, 0.2) is 5.69 Å². The van der Waals surface area contributed by atoms with Crippen LogP contribution in [0.25, 0.3) is 0 Å². The van der Waals surface area contributed by atoms with Crippen molar-refractivity contribution in [2.45, 2.75) is 46.3 Å². The fourth-order valence-electron chi connectivity index (χ4n) is 4.01. The van der Waals surface area contributed by atoms with Crippen molar-refractivity contribution in [2.75, 3.05) is 26.2 Å². The van der Waals surface area contributed by atoms with Crippen molar-refractivity contribution in [2.24, 2.45) is 0 Å². The molecule has 144 valence electrons. The van der Waals surface area contributed by atoms with E-state index in [2.05, 4.69) is 23.9 Å². The summed E-state index contributed by atoms with van der Waals surface area (Å²) in [4.78, 5) is 17.5. The Morgan fingerprint density at radius 2 is 2.07 bits per heavy atom. The van der Waals surface area contributed by atoms with Gasteiger partial charge >= 0.3 is 0 Å². The minimum absolute atomic E-state index is 0.0444. The summed E-state index contributed by atoms with van der Waals surface area (Å²) in [5, 5.41) is 4.06. The minimum atomic E-state index is -0.0444. The molecule has 3 heterocycles. The number of fused-ring (bicyclic) bond motifs is 1. The van der Waals surface area contributed by atoms with E-state index in [-0.39, 0.29) is 12.5 Å². The Morgan fingerprint density at radius 1 is 1.22 bits per heavy atom. The quantitative estimate of drug-likeness (QED) is 0.829. The molecule has 1 aromatic carbocycles. The molecule has 0 radical (unpaired) electrons. The van der Waals surface area contributed by atoms with Crippen LogP contribution in [0.15, 0.2) is 22.7 Å². The SMILES string of the molecule is Cc1ccc(OCc2c(C(=O)N3CCN4CCCC4C3)noc2C)cc1C. The minimum Gasteiger partial charge on any atom is -0.489 e. The summed E-state index contributed by atoms with van der Waals surface area (Å²) in [5.41, 5.74) is 3.54. The van der Waals surface area contributed by atoms with Crippen LogP contribution in [0.1, 0.15) is 45.8 Å². The van der Waals surface area contributed by atoms with Crippen molar-refractivity contribution in [3.8, 4) is 5.75 Å². The number of piperazine rings is 1. The second-order valence-electron chi connectivity index (χ2n) is 7.68. The fourth-order valence-corrected chi connectivity index (χ4v) is 4.01. The molecule has 27 heavy (non-hydrogen) atoms. The highest BCUT2D eigenvalue weighted by molar-refractivity contribution is 5.94. The molecule has 0 aliphatic carbocycles. The Labute approximate surface area is 160 Å². The largest absolute Gasteiger partial charge is 0.489 e. The van der Waals surface area contributed by atoms with Crippen LogP contribution >= 0.6 is 0 Å². The standard InChI is InChI=1S/C21H27N3O3/c1-14-6-7-18(11-15(14)2)26-13-19-16(3)27-22-20(19)21(25)24-10-9-23-8-4-5-17(23)12-24/h6-7,11,17H,4-5,8-10,12-13H2,1-3H3. The van der Waals surface area contributed by atoms with E-state index in [1.165, 1.54) is 24.0 Å². The third-order valence-corrected chi connectivity index (χ3v) is 5.92. The fraction of sp³-hybridized carbons (Fsp3) is 0.524. The van der Waals surface area contributed by atoms with Crippen molar-refractivity contribution in [3.05, 3.63) is 46.3 Å². The zero-order valence-electron chi connectivity index (χ0n) is 16.3. The normalized spacial score (nSPS) is 20.0. The van der Waals surface area contributed by atoms with Gasteiger partial charge < -0.3 is 14.2 Å². The van der Waals surface area contributed by atoms with Crippen LogP contribution in [0.5, 0.6) is 5.75 Å². The second kappa shape index (κ2) is 7.35. The zero-order chi connectivity index (χ0) is 19.0. The molecule has 0 bridgehead atoms. The Bertz CT molecular complexity index is 845. The van der Waals surface area contributed by atoms with Crippen LogP contribution in [0.3, 0.4) is 0 Å². The Balaban J connectivity index is 1.47. The van der Waals surface area contributed by atoms with Crippen LogP contribution in [0.2, 0.25) is 0 Å². The predicted molar refractivity (Wildman–Crippen MR) is 102 cm³/mol. The summed E-state index contributed by atoms with van der Waals surface area (Å²) in [7, 11) is 0. The Hall–Kier alpha value is -2.34. The molecule has 0 spiro atoms. The first-order valence-electron chi connectivity index (χ1n) is 9.71. The van der Waals surface area contributed by atoms with Gasteiger partial charge in [-0.05, 0) is 63.4 Å². The van der Waals surface area contributed by atoms with Crippen LogP contribution in [0.4, 0.5) is 0 Å². The highest BCUT2D eigenvalue weighted by Crippen LogP contribution is 2.25. The Kier molecular flexibility index (Phi) is 4.91. The van der Waals surface area contributed by atoms with Gasteiger partial charge in [-0.15, -0.1) is 0 Å². The Morgan fingerprint density at radius 3 is 2.89 bits per heavy atom. The number of carbonyl (C=O) groups excluding carboxylic acids is 1. The van der Waals surface area contributed by atoms with Gasteiger partial charge in [0.1, 0.15) is 18.1 Å². The summed E-state index contributed by atoms with van der Waals surface area (Å²) in [6.07, 6.45) is 2.40. The number of aromatic nitrogens is 1. The van der Waals surface area contributed by atoms with Gasteiger partial charge in [-0.25, -0.2) is 0 Å². The second-order valence-corrected chi connectivity index (χ2v) is 7.68. The number of hydrogen-bond acceptors (Lipinski definition) is 5. The molecule has 1 amide bonds. The molecule has 2 aliphatic heterocycles. The van der Waals surface area contributed by atoms with E-state index in [0.29, 0.717) is 17.5 Å².